The van der Waals surface area contributed by atoms with E-state index < -0.39 is 0 Å². The van der Waals surface area contributed by atoms with Gasteiger partial charge in [-0.25, -0.2) is 5.43 Å². The van der Waals surface area contributed by atoms with Gasteiger partial charge in [0, 0.05) is 16.4 Å². The van der Waals surface area contributed by atoms with Crippen molar-refractivity contribution in [2.75, 3.05) is 0 Å². The normalized spacial score (nSPS) is 25.0. The van der Waals surface area contributed by atoms with Gasteiger partial charge in [-0.15, -0.1) is 0 Å². The first-order valence-corrected chi connectivity index (χ1v) is 7.54. The highest BCUT2D eigenvalue weighted by molar-refractivity contribution is 9.10. The fraction of sp³-hybridized carbons (Fsp3) is 0.267. The maximum absolute atomic E-state index is 12.2. The third kappa shape index (κ3) is 3.02. The van der Waals surface area contributed by atoms with Crippen molar-refractivity contribution < 1.29 is 9.21 Å². The zero-order valence-electron chi connectivity index (χ0n) is 11.5. The molecule has 0 saturated carbocycles. The van der Waals surface area contributed by atoms with Gasteiger partial charge in [0.1, 0.15) is 12.4 Å². The summed E-state index contributed by atoms with van der Waals surface area (Å²) < 4.78 is 5.97. The molecule has 1 aliphatic heterocycles. The van der Waals surface area contributed by atoms with E-state index in [0.29, 0.717) is 5.56 Å². The Morgan fingerprint density at radius 1 is 1.33 bits per heavy atom. The Morgan fingerprint density at radius 3 is 2.90 bits per heavy atom. The zero-order chi connectivity index (χ0) is 14.8. The second-order valence-corrected chi connectivity index (χ2v) is 6.04. The van der Waals surface area contributed by atoms with Crippen LogP contribution in [0.4, 0.5) is 0 Å². The van der Waals surface area contributed by atoms with Crippen molar-refractivity contribution in [2.45, 2.75) is 25.0 Å². The summed E-state index contributed by atoms with van der Waals surface area (Å²) in [5, 5.41) is 2.99. The SMILES string of the molecule is CC1NNC(NC(=O)c2ccoc2)C1c1cccc(Br)c1. The molecule has 1 fully saturated rings. The van der Waals surface area contributed by atoms with Crippen molar-refractivity contribution >= 4 is 21.8 Å². The van der Waals surface area contributed by atoms with Crippen LogP contribution in [-0.2, 0) is 0 Å². The van der Waals surface area contributed by atoms with Gasteiger partial charge in [0.2, 0.25) is 0 Å². The molecule has 1 aliphatic rings. The number of carbonyl (C=O) groups excluding carboxylic acids is 1. The first kappa shape index (κ1) is 14.3. The van der Waals surface area contributed by atoms with Crippen molar-refractivity contribution in [2.24, 2.45) is 0 Å². The Labute approximate surface area is 131 Å². The van der Waals surface area contributed by atoms with Gasteiger partial charge in [-0.05, 0) is 30.7 Å². The summed E-state index contributed by atoms with van der Waals surface area (Å²) in [5.74, 6) is -0.0181. The molecule has 1 aromatic carbocycles. The summed E-state index contributed by atoms with van der Waals surface area (Å²) in [6, 6.07) is 9.98. The number of hydrogen-bond donors (Lipinski definition) is 3. The molecule has 0 radical (unpaired) electrons. The number of rotatable bonds is 3. The Morgan fingerprint density at radius 2 is 2.19 bits per heavy atom. The van der Waals surface area contributed by atoms with Crippen LogP contribution in [0.15, 0.2) is 51.7 Å². The maximum atomic E-state index is 12.2. The Kier molecular flexibility index (Phi) is 4.10. The van der Waals surface area contributed by atoms with Crippen LogP contribution in [0.2, 0.25) is 0 Å². The van der Waals surface area contributed by atoms with Gasteiger partial charge in [0.25, 0.3) is 5.91 Å². The third-order valence-corrected chi connectivity index (χ3v) is 4.16. The van der Waals surface area contributed by atoms with E-state index in [4.69, 9.17) is 4.42 Å². The average molecular weight is 350 g/mol. The van der Waals surface area contributed by atoms with Crippen LogP contribution >= 0.6 is 15.9 Å². The average Bonchev–Trinajstić information content (AvgIpc) is 3.09. The number of hydrazine groups is 1. The van der Waals surface area contributed by atoms with Crippen LogP contribution in [0.25, 0.3) is 0 Å². The van der Waals surface area contributed by atoms with E-state index in [1.807, 2.05) is 12.1 Å². The molecule has 1 amide bonds. The van der Waals surface area contributed by atoms with E-state index in [1.54, 1.807) is 6.07 Å². The predicted molar refractivity (Wildman–Crippen MR) is 82.6 cm³/mol. The van der Waals surface area contributed by atoms with Crippen LogP contribution in [-0.4, -0.2) is 18.1 Å². The number of halogens is 1. The van der Waals surface area contributed by atoms with Gasteiger partial charge >= 0.3 is 0 Å². The van der Waals surface area contributed by atoms with E-state index in [-0.39, 0.29) is 24.0 Å². The minimum Gasteiger partial charge on any atom is -0.472 e. The molecule has 21 heavy (non-hydrogen) atoms. The minimum absolute atomic E-state index is 0.137. The second-order valence-electron chi connectivity index (χ2n) is 5.12. The number of carbonyl (C=O) groups is 1. The van der Waals surface area contributed by atoms with Crippen LogP contribution in [0.3, 0.4) is 0 Å². The largest absolute Gasteiger partial charge is 0.472 e. The monoisotopic (exact) mass is 349 g/mol. The van der Waals surface area contributed by atoms with Crippen molar-refractivity contribution in [3.63, 3.8) is 0 Å². The molecule has 6 heteroatoms. The first-order valence-electron chi connectivity index (χ1n) is 6.75. The molecule has 2 heterocycles. The maximum Gasteiger partial charge on any atom is 0.255 e. The van der Waals surface area contributed by atoms with Crippen LogP contribution in [0.5, 0.6) is 0 Å². The summed E-state index contributed by atoms with van der Waals surface area (Å²) >= 11 is 3.49. The van der Waals surface area contributed by atoms with Gasteiger partial charge < -0.3 is 9.73 Å². The molecule has 110 valence electrons. The van der Waals surface area contributed by atoms with Crippen LogP contribution in [0, 0.1) is 0 Å². The van der Waals surface area contributed by atoms with Crippen molar-refractivity contribution in [1.82, 2.24) is 16.2 Å². The summed E-state index contributed by atoms with van der Waals surface area (Å²) in [4.78, 5) is 12.2. The molecular weight excluding hydrogens is 334 g/mol. The predicted octanol–water partition coefficient (Wildman–Crippen LogP) is 2.38. The molecule has 3 rings (SSSR count). The molecule has 5 nitrogen and oxygen atoms in total. The lowest BCUT2D eigenvalue weighted by Crippen LogP contribution is -2.46. The van der Waals surface area contributed by atoms with E-state index in [0.717, 1.165) is 10.0 Å². The van der Waals surface area contributed by atoms with E-state index in [1.165, 1.54) is 12.5 Å². The summed E-state index contributed by atoms with van der Waals surface area (Å²) in [6.07, 6.45) is 2.75. The Hall–Kier alpha value is -1.63. The molecule has 0 aliphatic carbocycles. The van der Waals surface area contributed by atoms with Crippen molar-refractivity contribution in [3.05, 3.63) is 58.5 Å². The second kappa shape index (κ2) is 6.01. The van der Waals surface area contributed by atoms with E-state index in [2.05, 4.69) is 51.2 Å². The minimum atomic E-state index is -0.184. The van der Waals surface area contributed by atoms with E-state index >= 15 is 0 Å². The standard InChI is InChI=1S/C15H16BrN3O2/c1-9-13(10-3-2-4-12(16)7-10)14(19-18-9)17-15(20)11-5-6-21-8-11/h2-9,13-14,18-19H,1H3,(H,17,20). The van der Waals surface area contributed by atoms with Gasteiger partial charge in [0.15, 0.2) is 0 Å². The molecule has 3 N–H and O–H groups in total. The van der Waals surface area contributed by atoms with Gasteiger partial charge in [-0.2, -0.15) is 0 Å². The van der Waals surface area contributed by atoms with Crippen LogP contribution < -0.4 is 16.2 Å². The molecular formula is C15H16BrN3O2. The lowest BCUT2D eigenvalue weighted by Gasteiger charge is -2.22. The highest BCUT2D eigenvalue weighted by Crippen LogP contribution is 2.28. The van der Waals surface area contributed by atoms with Gasteiger partial charge in [0.05, 0.1) is 11.8 Å². The number of furan rings is 1. The Balaban J connectivity index is 1.79. The number of nitrogens with one attached hydrogen (secondary N) is 3. The highest BCUT2D eigenvalue weighted by atomic mass is 79.9. The van der Waals surface area contributed by atoms with Gasteiger partial charge in [-0.1, -0.05) is 28.1 Å². The molecule has 1 aromatic heterocycles. The molecule has 0 bridgehead atoms. The number of amides is 1. The summed E-state index contributed by atoms with van der Waals surface area (Å²) in [5.41, 5.74) is 8.00. The third-order valence-electron chi connectivity index (χ3n) is 3.67. The zero-order valence-corrected chi connectivity index (χ0v) is 13.1. The summed E-state index contributed by atoms with van der Waals surface area (Å²) in [7, 11) is 0. The van der Waals surface area contributed by atoms with Crippen LogP contribution in [0.1, 0.15) is 28.8 Å². The number of benzene rings is 1. The molecule has 1 saturated heterocycles. The smallest absolute Gasteiger partial charge is 0.255 e. The first-order chi connectivity index (χ1) is 10.1. The molecule has 2 aromatic rings. The topological polar surface area (TPSA) is 66.3 Å². The fourth-order valence-corrected chi connectivity index (χ4v) is 3.05. The lowest BCUT2D eigenvalue weighted by molar-refractivity contribution is 0.0928. The molecule has 3 unspecified atom stereocenters. The highest BCUT2D eigenvalue weighted by Gasteiger charge is 2.35. The van der Waals surface area contributed by atoms with Crippen molar-refractivity contribution in [1.29, 1.82) is 0 Å². The quantitative estimate of drug-likeness (QED) is 0.795. The van der Waals surface area contributed by atoms with Gasteiger partial charge in [-0.3, -0.25) is 10.2 Å². The Bertz CT molecular complexity index is 630. The number of hydrogen-bond acceptors (Lipinski definition) is 4. The lowest BCUT2D eigenvalue weighted by atomic mass is 9.91. The van der Waals surface area contributed by atoms with Crippen molar-refractivity contribution in [3.8, 4) is 0 Å². The summed E-state index contributed by atoms with van der Waals surface area (Å²) in [6.45, 7) is 2.09. The molecule has 0 spiro atoms. The van der Waals surface area contributed by atoms with E-state index in [9.17, 15) is 4.79 Å². The molecule has 3 atom stereocenters. The fourth-order valence-electron chi connectivity index (χ4n) is 2.63.